The van der Waals surface area contributed by atoms with Crippen LogP contribution in [0.5, 0.6) is 0 Å². The zero-order chi connectivity index (χ0) is 16.6. The first kappa shape index (κ1) is 16.1. The van der Waals surface area contributed by atoms with Gasteiger partial charge in [0.15, 0.2) is 0 Å². The van der Waals surface area contributed by atoms with Gasteiger partial charge in [-0.2, -0.15) is 13.2 Å². The predicted octanol–water partition coefficient (Wildman–Crippen LogP) is 4.47. The number of halogens is 3. The largest absolute Gasteiger partial charge is 0.416 e. The summed E-state index contributed by atoms with van der Waals surface area (Å²) in [4.78, 5) is 2.09. The summed E-state index contributed by atoms with van der Waals surface area (Å²) in [7, 11) is 0. The molecule has 1 aliphatic rings. The second kappa shape index (κ2) is 6.00. The van der Waals surface area contributed by atoms with Crippen LogP contribution in [0.4, 0.5) is 13.2 Å². The van der Waals surface area contributed by atoms with Crippen LogP contribution >= 0.6 is 0 Å². The first-order valence-electron chi connectivity index (χ1n) is 7.67. The van der Waals surface area contributed by atoms with Crippen LogP contribution in [-0.2, 0) is 19.3 Å². The van der Waals surface area contributed by atoms with Gasteiger partial charge in [-0.1, -0.05) is 23.4 Å². The molecule has 0 saturated heterocycles. The number of nitrogens with zero attached hydrogens (tertiary/aromatic N) is 2. The van der Waals surface area contributed by atoms with Crippen LogP contribution in [0.15, 0.2) is 28.8 Å². The average Bonchev–Trinajstić information content (AvgIpc) is 3.28. The second-order valence-corrected chi connectivity index (χ2v) is 6.09. The molecule has 1 heterocycles. The lowest BCUT2D eigenvalue weighted by Gasteiger charge is -2.24. The lowest BCUT2D eigenvalue weighted by atomic mass is 10.1. The number of hydrogen-bond donors (Lipinski definition) is 0. The van der Waals surface area contributed by atoms with Gasteiger partial charge in [0.2, 0.25) is 0 Å². The topological polar surface area (TPSA) is 29.3 Å². The van der Waals surface area contributed by atoms with E-state index in [1.807, 2.05) is 13.8 Å². The highest BCUT2D eigenvalue weighted by Gasteiger charge is 2.35. The summed E-state index contributed by atoms with van der Waals surface area (Å²) in [6, 6.07) is 6.14. The van der Waals surface area contributed by atoms with E-state index in [0.717, 1.165) is 35.9 Å². The van der Waals surface area contributed by atoms with Crippen molar-refractivity contribution in [3.05, 3.63) is 52.4 Å². The maximum absolute atomic E-state index is 13.2. The minimum atomic E-state index is -4.32. The molecule has 2 aromatic rings. The highest BCUT2D eigenvalue weighted by Crippen LogP contribution is 2.35. The molecule has 0 unspecified atom stereocenters. The Morgan fingerprint density at radius 2 is 1.87 bits per heavy atom. The molecule has 0 aliphatic heterocycles. The van der Waals surface area contributed by atoms with Crippen molar-refractivity contribution in [1.82, 2.24) is 10.1 Å². The molecule has 3 rings (SSSR count). The second-order valence-electron chi connectivity index (χ2n) is 6.09. The standard InChI is InChI=1S/C17H19F3N2O/c1-11-15(12(2)23-21-11)10-22(14-7-8-14)9-13-5-3-4-6-16(13)17(18,19)20/h3-6,14H,7-10H2,1-2H3. The van der Waals surface area contributed by atoms with Crippen molar-refractivity contribution in [3.8, 4) is 0 Å². The zero-order valence-electron chi connectivity index (χ0n) is 13.2. The van der Waals surface area contributed by atoms with Crippen molar-refractivity contribution in [3.63, 3.8) is 0 Å². The van der Waals surface area contributed by atoms with Gasteiger partial charge in [0.1, 0.15) is 5.76 Å². The first-order chi connectivity index (χ1) is 10.9. The van der Waals surface area contributed by atoms with Gasteiger partial charge < -0.3 is 4.52 Å². The van der Waals surface area contributed by atoms with E-state index in [1.165, 1.54) is 6.07 Å². The van der Waals surface area contributed by atoms with Crippen LogP contribution in [0, 0.1) is 13.8 Å². The third-order valence-electron chi connectivity index (χ3n) is 4.30. The number of alkyl halides is 3. The fourth-order valence-corrected chi connectivity index (χ4v) is 2.84. The Kier molecular flexibility index (Phi) is 4.19. The smallest absolute Gasteiger partial charge is 0.361 e. The molecular formula is C17H19F3N2O. The molecule has 0 spiro atoms. The Morgan fingerprint density at radius 1 is 1.17 bits per heavy atom. The fourth-order valence-electron chi connectivity index (χ4n) is 2.84. The van der Waals surface area contributed by atoms with Gasteiger partial charge in [-0.3, -0.25) is 4.90 Å². The highest BCUT2D eigenvalue weighted by atomic mass is 19.4. The molecule has 0 atom stereocenters. The Morgan fingerprint density at radius 3 is 2.43 bits per heavy atom. The van der Waals surface area contributed by atoms with E-state index in [-0.39, 0.29) is 6.54 Å². The summed E-state index contributed by atoms with van der Waals surface area (Å²) >= 11 is 0. The average molecular weight is 324 g/mol. The first-order valence-corrected chi connectivity index (χ1v) is 7.67. The normalized spacial score (nSPS) is 15.4. The summed E-state index contributed by atoms with van der Waals surface area (Å²) in [6.45, 7) is 4.55. The van der Waals surface area contributed by atoms with Crippen molar-refractivity contribution < 1.29 is 17.7 Å². The van der Waals surface area contributed by atoms with E-state index in [4.69, 9.17) is 4.52 Å². The molecule has 1 aromatic heterocycles. The summed E-state index contributed by atoms with van der Waals surface area (Å²) in [5.41, 5.74) is 1.54. The van der Waals surface area contributed by atoms with Crippen LogP contribution in [0.25, 0.3) is 0 Å². The molecule has 124 valence electrons. The van der Waals surface area contributed by atoms with Gasteiger partial charge in [-0.25, -0.2) is 0 Å². The van der Waals surface area contributed by atoms with E-state index in [9.17, 15) is 13.2 Å². The highest BCUT2D eigenvalue weighted by molar-refractivity contribution is 5.30. The number of benzene rings is 1. The number of hydrogen-bond acceptors (Lipinski definition) is 3. The molecule has 0 amide bonds. The third kappa shape index (κ3) is 3.58. The zero-order valence-corrected chi connectivity index (χ0v) is 13.2. The van der Waals surface area contributed by atoms with E-state index in [0.29, 0.717) is 18.2 Å². The van der Waals surface area contributed by atoms with Gasteiger partial charge >= 0.3 is 6.18 Å². The van der Waals surface area contributed by atoms with Crippen LogP contribution in [0.3, 0.4) is 0 Å². The SMILES string of the molecule is Cc1noc(C)c1CN(Cc1ccccc1C(F)(F)F)C1CC1. The molecule has 0 radical (unpaired) electrons. The summed E-state index contributed by atoms with van der Waals surface area (Å²) in [5.74, 6) is 0.734. The summed E-state index contributed by atoms with van der Waals surface area (Å²) in [5, 5.41) is 3.93. The van der Waals surface area contributed by atoms with Crippen molar-refractivity contribution in [2.45, 2.75) is 52.0 Å². The minimum Gasteiger partial charge on any atom is -0.361 e. The van der Waals surface area contributed by atoms with Gasteiger partial charge in [-0.15, -0.1) is 0 Å². The molecule has 1 aromatic carbocycles. The maximum Gasteiger partial charge on any atom is 0.416 e. The Balaban J connectivity index is 1.84. The van der Waals surface area contributed by atoms with Crippen molar-refractivity contribution >= 4 is 0 Å². The number of rotatable bonds is 5. The maximum atomic E-state index is 13.2. The molecule has 1 fully saturated rings. The molecule has 3 nitrogen and oxygen atoms in total. The van der Waals surface area contributed by atoms with Crippen molar-refractivity contribution in [2.24, 2.45) is 0 Å². The van der Waals surface area contributed by atoms with Crippen LogP contribution in [0.1, 0.15) is 41.0 Å². The van der Waals surface area contributed by atoms with E-state index in [1.54, 1.807) is 12.1 Å². The molecule has 23 heavy (non-hydrogen) atoms. The van der Waals surface area contributed by atoms with Crippen molar-refractivity contribution in [2.75, 3.05) is 0 Å². The predicted molar refractivity (Wildman–Crippen MR) is 79.7 cm³/mol. The molecule has 0 bridgehead atoms. The van der Waals surface area contributed by atoms with Gasteiger partial charge in [0.25, 0.3) is 0 Å². The lowest BCUT2D eigenvalue weighted by molar-refractivity contribution is -0.138. The third-order valence-corrected chi connectivity index (χ3v) is 4.30. The molecular weight excluding hydrogens is 305 g/mol. The number of aromatic nitrogens is 1. The van der Waals surface area contributed by atoms with Gasteiger partial charge in [0, 0.05) is 24.7 Å². The van der Waals surface area contributed by atoms with E-state index >= 15 is 0 Å². The van der Waals surface area contributed by atoms with Crippen molar-refractivity contribution in [1.29, 1.82) is 0 Å². The Hall–Kier alpha value is -1.82. The lowest BCUT2D eigenvalue weighted by Crippen LogP contribution is -2.27. The Labute approximate surface area is 133 Å². The van der Waals surface area contributed by atoms with E-state index < -0.39 is 11.7 Å². The molecule has 1 aliphatic carbocycles. The monoisotopic (exact) mass is 324 g/mol. The molecule has 6 heteroatoms. The fraction of sp³-hybridized carbons (Fsp3) is 0.471. The van der Waals surface area contributed by atoms with E-state index in [2.05, 4.69) is 10.1 Å². The minimum absolute atomic E-state index is 0.282. The van der Waals surface area contributed by atoms with Crippen LogP contribution < -0.4 is 0 Å². The van der Waals surface area contributed by atoms with Crippen LogP contribution in [0.2, 0.25) is 0 Å². The van der Waals surface area contributed by atoms with Gasteiger partial charge in [0.05, 0.1) is 11.3 Å². The van der Waals surface area contributed by atoms with Gasteiger partial charge in [-0.05, 0) is 38.3 Å². The van der Waals surface area contributed by atoms with Crippen LogP contribution in [-0.4, -0.2) is 16.1 Å². The quantitative estimate of drug-likeness (QED) is 0.812. The Bertz CT molecular complexity index is 670. The summed E-state index contributed by atoms with van der Waals surface area (Å²) in [6.07, 6.45) is -2.27. The number of aryl methyl sites for hydroxylation is 2. The molecule has 0 N–H and O–H groups in total. The molecule has 1 saturated carbocycles. The summed E-state index contributed by atoms with van der Waals surface area (Å²) < 4.78 is 44.7.